The minimum atomic E-state index is -0.125. The number of benzene rings is 1. The quantitative estimate of drug-likeness (QED) is 0.848. The third-order valence-electron chi connectivity index (χ3n) is 5.15. The van der Waals surface area contributed by atoms with Crippen LogP contribution in [0.1, 0.15) is 49.6 Å². The van der Waals surface area contributed by atoms with E-state index in [1.165, 1.54) is 22.5 Å². The molecular formula is C20H30N4O. The molecule has 0 spiro atoms. The van der Waals surface area contributed by atoms with Crippen LogP contribution in [0.2, 0.25) is 0 Å². The number of rotatable bonds is 6. The van der Waals surface area contributed by atoms with Crippen LogP contribution in [0, 0.1) is 0 Å². The van der Waals surface area contributed by atoms with Crippen molar-refractivity contribution in [2.45, 2.75) is 51.8 Å². The Bertz CT molecular complexity index is 672. The maximum Gasteiger partial charge on any atom is 0.0666 e. The third-order valence-corrected chi connectivity index (χ3v) is 5.15. The number of nitrogens with zero attached hydrogens (tertiary/aromatic N) is 3. The standard InChI is InChI=1S/C20H30N4O/c1-4-20-17(14-23(3)22-20)13-21-15(2)16-5-7-18(8-6-16)24-11-9-19(25)10-12-24/h5-8,14-15,19,21,25H,4,9-13H2,1-3H3. The normalized spacial score (nSPS) is 17.0. The van der Waals surface area contributed by atoms with Gasteiger partial charge in [0.15, 0.2) is 0 Å². The molecule has 3 rings (SSSR count). The van der Waals surface area contributed by atoms with Crippen LogP contribution in [0.5, 0.6) is 0 Å². The topological polar surface area (TPSA) is 53.3 Å². The fraction of sp³-hybridized carbons (Fsp3) is 0.550. The average molecular weight is 342 g/mol. The van der Waals surface area contributed by atoms with E-state index < -0.39 is 0 Å². The van der Waals surface area contributed by atoms with Gasteiger partial charge in [-0.1, -0.05) is 19.1 Å². The van der Waals surface area contributed by atoms with Crippen molar-refractivity contribution >= 4 is 5.69 Å². The van der Waals surface area contributed by atoms with Crippen molar-refractivity contribution in [3.8, 4) is 0 Å². The molecule has 1 atom stereocenters. The Balaban J connectivity index is 1.58. The predicted molar refractivity (Wildman–Crippen MR) is 102 cm³/mol. The van der Waals surface area contributed by atoms with E-state index in [9.17, 15) is 5.11 Å². The smallest absolute Gasteiger partial charge is 0.0666 e. The predicted octanol–water partition coefficient (Wildman–Crippen LogP) is 2.79. The summed E-state index contributed by atoms with van der Waals surface area (Å²) in [6.07, 6.45) is 4.67. The molecule has 136 valence electrons. The molecule has 2 N–H and O–H groups in total. The Morgan fingerprint density at radius 1 is 1.24 bits per heavy atom. The van der Waals surface area contributed by atoms with Crippen molar-refractivity contribution in [2.24, 2.45) is 7.05 Å². The Kier molecular flexibility index (Phi) is 5.76. The van der Waals surface area contributed by atoms with Gasteiger partial charge in [0, 0.05) is 50.2 Å². The molecule has 25 heavy (non-hydrogen) atoms. The lowest BCUT2D eigenvalue weighted by Crippen LogP contribution is -2.35. The Morgan fingerprint density at radius 2 is 1.92 bits per heavy atom. The lowest BCUT2D eigenvalue weighted by atomic mass is 10.0. The molecule has 5 heteroatoms. The summed E-state index contributed by atoms with van der Waals surface area (Å²) in [5.41, 5.74) is 5.00. The van der Waals surface area contributed by atoms with Gasteiger partial charge in [-0.25, -0.2) is 0 Å². The maximum absolute atomic E-state index is 9.64. The van der Waals surface area contributed by atoms with E-state index in [-0.39, 0.29) is 6.10 Å². The monoisotopic (exact) mass is 342 g/mol. The number of piperidine rings is 1. The molecule has 0 amide bonds. The van der Waals surface area contributed by atoms with Crippen LogP contribution in [0.4, 0.5) is 5.69 Å². The van der Waals surface area contributed by atoms with Gasteiger partial charge in [-0.15, -0.1) is 0 Å². The van der Waals surface area contributed by atoms with Crippen LogP contribution in [-0.2, 0) is 20.0 Å². The summed E-state index contributed by atoms with van der Waals surface area (Å²) >= 11 is 0. The first kappa shape index (κ1) is 18.0. The van der Waals surface area contributed by atoms with Gasteiger partial charge < -0.3 is 15.3 Å². The van der Waals surface area contributed by atoms with E-state index in [1.807, 2.05) is 11.7 Å². The number of hydrogen-bond acceptors (Lipinski definition) is 4. The fourth-order valence-electron chi connectivity index (χ4n) is 3.51. The number of nitrogens with one attached hydrogen (secondary N) is 1. The summed E-state index contributed by atoms with van der Waals surface area (Å²) in [5, 5.41) is 17.8. The second kappa shape index (κ2) is 8.02. The van der Waals surface area contributed by atoms with Gasteiger partial charge in [0.1, 0.15) is 0 Å². The van der Waals surface area contributed by atoms with E-state index in [0.717, 1.165) is 38.9 Å². The number of aliphatic hydroxyl groups is 1. The van der Waals surface area contributed by atoms with E-state index in [2.05, 4.69) is 59.6 Å². The fourth-order valence-corrected chi connectivity index (χ4v) is 3.51. The second-order valence-electron chi connectivity index (χ2n) is 7.04. The van der Waals surface area contributed by atoms with Crippen LogP contribution in [-0.4, -0.2) is 34.1 Å². The summed E-state index contributed by atoms with van der Waals surface area (Å²) in [5.74, 6) is 0. The number of anilines is 1. The first-order valence-electron chi connectivity index (χ1n) is 9.34. The van der Waals surface area contributed by atoms with Crippen molar-refractivity contribution in [3.63, 3.8) is 0 Å². The molecule has 1 aromatic heterocycles. The van der Waals surface area contributed by atoms with E-state index in [4.69, 9.17) is 0 Å². The van der Waals surface area contributed by atoms with Crippen LogP contribution in [0.3, 0.4) is 0 Å². The number of aryl methyl sites for hydroxylation is 2. The number of aliphatic hydroxyl groups excluding tert-OH is 1. The molecule has 0 bridgehead atoms. The molecule has 1 aliphatic heterocycles. The molecular weight excluding hydrogens is 312 g/mol. The first-order valence-corrected chi connectivity index (χ1v) is 9.34. The molecule has 1 saturated heterocycles. The molecule has 0 radical (unpaired) electrons. The van der Waals surface area contributed by atoms with Gasteiger partial charge >= 0.3 is 0 Å². The average Bonchev–Trinajstić information content (AvgIpc) is 3.00. The Hall–Kier alpha value is -1.85. The molecule has 2 aromatic rings. The summed E-state index contributed by atoms with van der Waals surface area (Å²) in [4.78, 5) is 2.36. The molecule has 5 nitrogen and oxygen atoms in total. The van der Waals surface area contributed by atoms with Gasteiger partial charge in [-0.2, -0.15) is 5.10 Å². The highest BCUT2D eigenvalue weighted by Crippen LogP contribution is 2.23. The lowest BCUT2D eigenvalue weighted by Gasteiger charge is -2.31. The van der Waals surface area contributed by atoms with Crippen LogP contribution in [0.15, 0.2) is 30.5 Å². The third kappa shape index (κ3) is 4.41. The van der Waals surface area contributed by atoms with E-state index >= 15 is 0 Å². The number of aromatic nitrogens is 2. The van der Waals surface area contributed by atoms with Crippen LogP contribution < -0.4 is 10.2 Å². The molecule has 1 unspecified atom stereocenters. The zero-order chi connectivity index (χ0) is 17.8. The lowest BCUT2D eigenvalue weighted by molar-refractivity contribution is 0.145. The van der Waals surface area contributed by atoms with Crippen molar-refractivity contribution in [2.75, 3.05) is 18.0 Å². The van der Waals surface area contributed by atoms with Crippen LogP contribution >= 0.6 is 0 Å². The van der Waals surface area contributed by atoms with Gasteiger partial charge in [-0.3, -0.25) is 4.68 Å². The summed E-state index contributed by atoms with van der Waals surface area (Å²) in [7, 11) is 1.98. The van der Waals surface area contributed by atoms with Crippen molar-refractivity contribution in [1.29, 1.82) is 0 Å². The van der Waals surface area contributed by atoms with Crippen molar-refractivity contribution in [3.05, 3.63) is 47.3 Å². The second-order valence-corrected chi connectivity index (χ2v) is 7.04. The van der Waals surface area contributed by atoms with Crippen LogP contribution in [0.25, 0.3) is 0 Å². The summed E-state index contributed by atoms with van der Waals surface area (Å²) < 4.78 is 1.89. The molecule has 2 heterocycles. The van der Waals surface area contributed by atoms with Gasteiger partial charge in [0.25, 0.3) is 0 Å². The highest BCUT2D eigenvalue weighted by Gasteiger charge is 2.17. The molecule has 0 saturated carbocycles. The van der Waals surface area contributed by atoms with E-state index in [0.29, 0.717) is 6.04 Å². The number of hydrogen-bond donors (Lipinski definition) is 2. The minimum Gasteiger partial charge on any atom is -0.393 e. The van der Waals surface area contributed by atoms with Crippen molar-refractivity contribution < 1.29 is 5.11 Å². The first-order chi connectivity index (χ1) is 12.1. The van der Waals surface area contributed by atoms with Gasteiger partial charge in [0.2, 0.25) is 0 Å². The SMILES string of the molecule is CCc1nn(C)cc1CNC(C)c1ccc(N2CCC(O)CC2)cc1. The highest BCUT2D eigenvalue weighted by molar-refractivity contribution is 5.48. The Morgan fingerprint density at radius 3 is 2.56 bits per heavy atom. The minimum absolute atomic E-state index is 0.125. The van der Waals surface area contributed by atoms with E-state index in [1.54, 1.807) is 0 Å². The molecule has 1 aromatic carbocycles. The van der Waals surface area contributed by atoms with Crippen molar-refractivity contribution in [1.82, 2.24) is 15.1 Å². The zero-order valence-corrected chi connectivity index (χ0v) is 15.6. The maximum atomic E-state index is 9.64. The molecule has 1 aliphatic rings. The molecule has 0 aliphatic carbocycles. The van der Waals surface area contributed by atoms with Gasteiger partial charge in [-0.05, 0) is 43.9 Å². The zero-order valence-electron chi connectivity index (χ0n) is 15.6. The van der Waals surface area contributed by atoms with Gasteiger partial charge in [0.05, 0.1) is 11.8 Å². The highest BCUT2D eigenvalue weighted by atomic mass is 16.3. The summed E-state index contributed by atoms with van der Waals surface area (Å²) in [6.45, 7) is 7.07. The largest absolute Gasteiger partial charge is 0.393 e. The molecule has 1 fully saturated rings. The summed E-state index contributed by atoms with van der Waals surface area (Å²) in [6, 6.07) is 9.12. The Labute approximate surface area is 150 Å².